The molecule has 134 valence electrons. The Morgan fingerprint density at radius 3 is 2.73 bits per heavy atom. The molecule has 0 aliphatic carbocycles. The number of thioether (sulfide) groups is 1. The molecule has 0 aliphatic heterocycles. The third-order valence-corrected chi connectivity index (χ3v) is 4.76. The normalized spacial score (nSPS) is 12.0. The fraction of sp³-hybridized carbons (Fsp3) is 0.167. The number of halogens is 2. The van der Waals surface area contributed by atoms with Crippen LogP contribution in [-0.4, -0.2) is 32.9 Å². The zero-order valence-corrected chi connectivity index (χ0v) is 14.8. The maximum absolute atomic E-state index is 13.4. The van der Waals surface area contributed by atoms with E-state index in [1.165, 1.54) is 24.2 Å². The molecule has 0 amide bonds. The second-order valence-corrected chi connectivity index (χ2v) is 6.75. The molecule has 1 unspecified atom stereocenters. The molecule has 1 atom stereocenters. The van der Waals surface area contributed by atoms with Crippen molar-refractivity contribution >= 4 is 17.5 Å². The van der Waals surface area contributed by atoms with Crippen molar-refractivity contribution in [1.29, 1.82) is 0 Å². The van der Waals surface area contributed by atoms with E-state index in [2.05, 4.69) is 10.2 Å². The second-order valence-electron chi connectivity index (χ2n) is 5.44. The molecule has 1 heterocycles. The number of carbonyl (C=O) groups excluding carboxylic acids is 1. The number of hydrogen-bond donors (Lipinski definition) is 0. The summed E-state index contributed by atoms with van der Waals surface area (Å²) in [4.78, 5) is 12.5. The minimum Gasteiger partial charge on any atom is -0.497 e. The summed E-state index contributed by atoms with van der Waals surface area (Å²) in [5.41, 5.74) is 0.890. The third kappa shape index (κ3) is 3.75. The summed E-state index contributed by atoms with van der Waals surface area (Å²) in [5.74, 6) is -1.68. The van der Waals surface area contributed by atoms with Crippen LogP contribution in [0.2, 0.25) is 0 Å². The fourth-order valence-electron chi connectivity index (χ4n) is 2.34. The van der Waals surface area contributed by atoms with Gasteiger partial charge in [0.25, 0.3) is 0 Å². The molecular formula is C18H15F2N3O2S. The van der Waals surface area contributed by atoms with Crippen LogP contribution in [0.5, 0.6) is 5.75 Å². The number of nitrogens with zero attached hydrogens (tertiary/aromatic N) is 3. The number of carbonyl (C=O) groups is 1. The van der Waals surface area contributed by atoms with Crippen molar-refractivity contribution in [3.05, 3.63) is 66.0 Å². The van der Waals surface area contributed by atoms with E-state index in [1.807, 2.05) is 24.3 Å². The van der Waals surface area contributed by atoms with Gasteiger partial charge in [0.2, 0.25) is 0 Å². The van der Waals surface area contributed by atoms with E-state index in [9.17, 15) is 13.6 Å². The lowest BCUT2D eigenvalue weighted by Gasteiger charge is -2.12. The zero-order chi connectivity index (χ0) is 18.7. The molecule has 0 radical (unpaired) electrons. The highest BCUT2D eigenvalue weighted by atomic mass is 32.2. The molecule has 0 saturated heterocycles. The van der Waals surface area contributed by atoms with Gasteiger partial charge in [-0.2, -0.15) is 0 Å². The predicted molar refractivity (Wildman–Crippen MR) is 93.9 cm³/mol. The summed E-state index contributed by atoms with van der Waals surface area (Å²) in [6.07, 6.45) is 1.53. The number of rotatable bonds is 6. The van der Waals surface area contributed by atoms with E-state index >= 15 is 0 Å². The smallest absolute Gasteiger partial charge is 0.196 e. The molecule has 1 aromatic heterocycles. The van der Waals surface area contributed by atoms with Crippen molar-refractivity contribution in [2.24, 2.45) is 0 Å². The van der Waals surface area contributed by atoms with Gasteiger partial charge in [-0.05, 0) is 37.3 Å². The standard InChI is InChI=1S/C18H15F2N3O2S/c1-11(17(24)12-6-7-15(19)16(20)8-12)26-18-22-21-10-23(18)13-4-3-5-14(9-13)25-2/h3-11H,1-2H3. The zero-order valence-electron chi connectivity index (χ0n) is 14.0. The molecule has 3 aromatic rings. The van der Waals surface area contributed by atoms with Crippen molar-refractivity contribution in [3.8, 4) is 11.4 Å². The third-order valence-electron chi connectivity index (χ3n) is 3.70. The molecule has 0 bridgehead atoms. The highest BCUT2D eigenvalue weighted by Crippen LogP contribution is 2.27. The summed E-state index contributed by atoms with van der Waals surface area (Å²) in [5, 5.41) is 7.88. The van der Waals surface area contributed by atoms with Crippen LogP contribution < -0.4 is 4.74 Å². The van der Waals surface area contributed by atoms with E-state index in [1.54, 1.807) is 18.6 Å². The van der Waals surface area contributed by atoms with Gasteiger partial charge in [-0.25, -0.2) is 8.78 Å². The van der Waals surface area contributed by atoms with Gasteiger partial charge in [0.15, 0.2) is 22.6 Å². The Labute approximate surface area is 153 Å². The summed E-state index contributed by atoms with van der Waals surface area (Å²) in [6.45, 7) is 1.68. The number of ketones is 1. The molecule has 0 saturated carbocycles. The van der Waals surface area contributed by atoms with Gasteiger partial charge in [-0.1, -0.05) is 17.8 Å². The number of aromatic nitrogens is 3. The van der Waals surface area contributed by atoms with Crippen molar-refractivity contribution in [1.82, 2.24) is 14.8 Å². The van der Waals surface area contributed by atoms with Crippen molar-refractivity contribution in [2.75, 3.05) is 7.11 Å². The first-order chi connectivity index (χ1) is 12.5. The number of hydrogen-bond acceptors (Lipinski definition) is 5. The van der Waals surface area contributed by atoms with Crippen LogP contribution in [0.15, 0.2) is 53.9 Å². The van der Waals surface area contributed by atoms with Crippen LogP contribution in [0.1, 0.15) is 17.3 Å². The van der Waals surface area contributed by atoms with Crippen LogP contribution in [0.4, 0.5) is 8.78 Å². The van der Waals surface area contributed by atoms with Gasteiger partial charge in [0, 0.05) is 11.6 Å². The second kappa shape index (κ2) is 7.65. The van der Waals surface area contributed by atoms with Gasteiger partial charge >= 0.3 is 0 Å². The molecule has 0 aliphatic rings. The Morgan fingerprint density at radius 2 is 2.00 bits per heavy atom. The first kappa shape index (κ1) is 18.1. The Kier molecular flexibility index (Phi) is 5.32. The number of Topliss-reactive ketones (excluding diaryl/α,β-unsaturated/α-hetero) is 1. The predicted octanol–water partition coefficient (Wildman–Crippen LogP) is 3.92. The minimum absolute atomic E-state index is 0.108. The molecular weight excluding hydrogens is 360 g/mol. The van der Waals surface area contributed by atoms with E-state index in [4.69, 9.17) is 4.74 Å². The molecule has 0 fully saturated rings. The maximum Gasteiger partial charge on any atom is 0.196 e. The van der Waals surface area contributed by atoms with E-state index in [0.29, 0.717) is 10.9 Å². The van der Waals surface area contributed by atoms with E-state index in [-0.39, 0.29) is 11.3 Å². The van der Waals surface area contributed by atoms with Crippen molar-refractivity contribution in [3.63, 3.8) is 0 Å². The molecule has 26 heavy (non-hydrogen) atoms. The summed E-state index contributed by atoms with van der Waals surface area (Å²) in [6, 6.07) is 10.4. The Bertz CT molecular complexity index is 946. The average molecular weight is 375 g/mol. The van der Waals surface area contributed by atoms with Gasteiger partial charge in [0.05, 0.1) is 18.0 Å². The average Bonchev–Trinajstić information content (AvgIpc) is 3.11. The van der Waals surface area contributed by atoms with Crippen LogP contribution in [0.25, 0.3) is 5.69 Å². The highest BCUT2D eigenvalue weighted by Gasteiger charge is 2.21. The topological polar surface area (TPSA) is 57.0 Å². The quantitative estimate of drug-likeness (QED) is 0.483. The minimum atomic E-state index is -1.05. The lowest BCUT2D eigenvalue weighted by Crippen LogP contribution is -2.15. The summed E-state index contributed by atoms with van der Waals surface area (Å²) in [7, 11) is 1.57. The molecule has 0 spiro atoms. The Balaban J connectivity index is 1.82. The lowest BCUT2D eigenvalue weighted by molar-refractivity contribution is 0.0993. The highest BCUT2D eigenvalue weighted by molar-refractivity contribution is 8.00. The Hall–Kier alpha value is -2.74. The monoisotopic (exact) mass is 375 g/mol. The largest absolute Gasteiger partial charge is 0.497 e. The van der Waals surface area contributed by atoms with Crippen LogP contribution in [0, 0.1) is 11.6 Å². The lowest BCUT2D eigenvalue weighted by atomic mass is 10.1. The fourth-order valence-corrected chi connectivity index (χ4v) is 3.26. The summed E-state index contributed by atoms with van der Waals surface area (Å²) < 4.78 is 33.3. The molecule has 8 heteroatoms. The first-order valence-electron chi connectivity index (χ1n) is 7.70. The molecule has 2 aromatic carbocycles. The van der Waals surface area contributed by atoms with Gasteiger partial charge in [-0.15, -0.1) is 10.2 Å². The Morgan fingerprint density at radius 1 is 1.19 bits per heavy atom. The molecule has 5 nitrogen and oxygen atoms in total. The van der Waals surface area contributed by atoms with E-state index < -0.39 is 16.9 Å². The number of methoxy groups -OCH3 is 1. The first-order valence-corrected chi connectivity index (χ1v) is 8.58. The number of ether oxygens (including phenoxy) is 1. The van der Waals surface area contributed by atoms with Crippen LogP contribution >= 0.6 is 11.8 Å². The van der Waals surface area contributed by atoms with Crippen LogP contribution in [-0.2, 0) is 0 Å². The van der Waals surface area contributed by atoms with Gasteiger partial charge in [-0.3, -0.25) is 9.36 Å². The van der Waals surface area contributed by atoms with E-state index in [0.717, 1.165) is 17.8 Å². The van der Waals surface area contributed by atoms with Crippen molar-refractivity contribution in [2.45, 2.75) is 17.3 Å². The van der Waals surface area contributed by atoms with Crippen LogP contribution in [0.3, 0.4) is 0 Å². The molecule has 0 N–H and O–H groups in total. The van der Waals surface area contributed by atoms with Crippen molar-refractivity contribution < 1.29 is 18.3 Å². The summed E-state index contributed by atoms with van der Waals surface area (Å²) >= 11 is 1.18. The van der Waals surface area contributed by atoms with Gasteiger partial charge < -0.3 is 4.74 Å². The van der Waals surface area contributed by atoms with Gasteiger partial charge in [0.1, 0.15) is 12.1 Å². The molecule has 3 rings (SSSR count). The maximum atomic E-state index is 13.4. The number of benzene rings is 2. The SMILES string of the molecule is COc1cccc(-n2cnnc2SC(C)C(=O)c2ccc(F)c(F)c2)c1.